The molecule has 138 valence electrons. The SMILES string of the molecule is Nc1ccc(C(=O)O)c(O)c1.O=C(O)c1ccccc1Oc1ccccc1. The highest BCUT2D eigenvalue weighted by molar-refractivity contribution is 5.91. The Hall–Kier alpha value is -4.00. The fourth-order valence-corrected chi connectivity index (χ4v) is 2.08. The third-order valence-corrected chi connectivity index (χ3v) is 3.34. The van der Waals surface area contributed by atoms with E-state index in [1.54, 1.807) is 30.3 Å². The summed E-state index contributed by atoms with van der Waals surface area (Å²) in [5.41, 5.74) is 5.63. The number of carboxylic acid groups (broad SMARTS) is 2. The molecule has 5 N–H and O–H groups in total. The Morgan fingerprint density at radius 2 is 1.37 bits per heavy atom. The van der Waals surface area contributed by atoms with Gasteiger partial charge >= 0.3 is 11.9 Å². The van der Waals surface area contributed by atoms with E-state index in [1.165, 1.54) is 24.3 Å². The summed E-state index contributed by atoms with van der Waals surface area (Å²) in [7, 11) is 0. The molecule has 0 saturated carbocycles. The zero-order valence-electron chi connectivity index (χ0n) is 14.1. The molecule has 7 nitrogen and oxygen atoms in total. The van der Waals surface area contributed by atoms with Gasteiger partial charge < -0.3 is 25.8 Å². The average Bonchev–Trinajstić information content (AvgIpc) is 2.63. The van der Waals surface area contributed by atoms with E-state index in [9.17, 15) is 9.59 Å². The van der Waals surface area contributed by atoms with E-state index in [-0.39, 0.29) is 16.9 Å². The van der Waals surface area contributed by atoms with Crippen molar-refractivity contribution in [3.05, 3.63) is 83.9 Å². The molecule has 0 bridgehead atoms. The number of ether oxygens (including phenoxy) is 1. The molecular weight excluding hydrogens is 350 g/mol. The maximum atomic E-state index is 10.9. The first-order valence-corrected chi connectivity index (χ1v) is 7.75. The lowest BCUT2D eigenvalue weighted by atomic mass is 10.2. The van der Waals surface area contributed by atoms with Crippen molar-refractivity contribution in [3.63, 3.8) is 0 Å². The number of anilines is 1. The van der Waals surface area contributed by atoms with Crippen molar-refractivity contribution in [3.8, 4) is 17.2 Å². The van der Waals surface area contributed by atoms with Gasteiger partial charge in [-0.1, -0.05) is 30.3 Å². The summed E-state index contributed by atoms with van der Waals surface area (Å²) in [6.07, 6.45) is 0. The van der Waals surface area contributed by atoms with E-state index < -0.39 is 11.9 Å². The molecule has 0 aliphatic rings. The minimum atomic E-state index is -1.16. The molecule has 0 radical (unpaired) electrons. The van der Waals surface area contributed by atoms with Gasteiger partial charge in [0.25, 0.3) is 0 Å². The number of aromatic hydroxyl groups is 1. The zero-order chi connectivity index (χ0) is 19.8. The number of hydrogen-bond donors (Lipinski definition) is 4. The summed E-state index contributed by atoms with van der Waals surface area (Å²) in [6.45, 7) is 0. The summed E-state index contributed by atoms with van der Waals surface area (Å²) in [4.78, 5) is 21.3. The van der Waals surface area contributed by atoms with E-state index >= 15 is 0 Å². The van der Waals surface area contributed by atoms with Crippen LogP contribution < -0.4 is 10.5 Å². The second-order valence-corrected chi connectivity index (χ2v) is 5.30. The Morgan fingerprint density at radius 1 is 0.778 bits per heavy atom. The minimum Gasteiger partial charge on any atom is -0.507 e. The number of benzene rings is 3. The van der Waals surface area contributed by atoms with Gasteiger partial charge in [0, 0.05) is 11.8 Å². The average molecular weight is 367 g/mol. The van der Waals surface area contributed by atoms with Crippen molar-refractivity contribution in [2.75, 3.05) is 5.73 Å². The van der Waals surface area contributed by atoms with Gasteiger partial charge in [-0.3, -0.25) is 0 Å². The minimum absolute atomic E-state index is 0.140. The molecule has 0 fully saturated rings. The van der Waals surface area contributed by atoms with Crippen LogP contribution in [0.4, 0.5) is 5.69 Å². The van der Waals surface area contributed by atoms with Gasteiger partial charge in [-0.15, -0.1) is 0 Å². The van der Waals surface area contributed by atoms with Gasteiger partial charge in [0.15, 0.2) is 0 Å². The predicted octanol–water partition coefficient (Wildman–Crippen LogP) is 3.85. The molecule has 0 atom stereocenters. The molecule has 3 rings (SSSR count). The smallest absolute Gasteiger partial charge is 0.339 e. The van der Waals surface area contributed by atoms with Crippen molar-refractivity contribution >= 4 is 17.6 Å². The lowest BCUT2D eigenvalue weighted by Crippen LogP contribution is -1.99. The maximum Gasteiger partial charge on any atom is 0.339 e. The zero-order valence-corrected chi connectivity index (χ0v) is 14.1. The van der Waals surface area contributed by atoms with Gasteiger partial charge in [-0.05, 0) is 36.4 Å². The molecule has 0 aliphatic carbocycles. The Bertz CT molecular complexity index is 940. The molecule has 0 aromatic heterocycles. The quantitative estimate of drug-likeness (QED) is 0.515. The number of rotatable bonds is 4. The number of hydrogen-bond acceptors (Lipinski definition) is 5. The Labute approximate surface area is 154 Å². The highest BCUT2D eigenvalue weighted by Crippen LogP contribution is 2.24. The van der Waals surface area contributed by atoms with Gasteiger partial charge in [-0.25, -0.2) is 9.59 Å². The molecule has 3 aromatic rings. The summed E-state index contributed by atoms with van der Waals surface area (Å²) >= 11 is 0. The van der Waals surface area contributed by atoms with Crippen LogP contribution in [0.3, 0.4) is 0 Å². The topological polar surface area (TPSA) is 130 Å². The van der Waals surface area contributed by atoms with Crippen LogP contribution in [0.2, 0.25) is 0 Å². The van der Waals surface area contributed by atoms with Crippen LogP contribution in [0.1, 0.15) is 20.7 Å². The van der Waals surface area contributed by atoms with Crippen molar-refractivity contribution in [1.82, 2.24) is 0 Å². The van der Waals surface area contributed by atoms with E-state index in [0.717, 1.165) is 0 Å². The highest BCUT2D eigenvalue weighted by Gasteiger charge is 2.10. The molecule has 27 heavy (non-hydrogen) atoms. The van der Waals surface area contributed by atoms with Gasteiger partial charge in [0.2, 0.25) is 0 Å². The van der Waals surface area contributed by atoms with Crippen LogP contribution in [0, 0.1) is 0 Å². The van der Waals surface area contributed by atoms with Crippen LogP contribution in [0.25, 0.3) is 0 Å². The third-order valence-electron chi connectivity index (χ3n) is 3.34. The third kappa shape index (κ3) is 5.50. The van der Waals surface area contributed by atoms with Crippen molar-refractivity contribution < 1.29 is 29.6 Å². The Kier molecular flexibility index (Phi) is 6.38. The molecule has 0 amide bonds. The number of para-hydroxylation sites is 2. The van der Waals surface area contributed by atoms with Crippen molar-refractivity contribution in [1.29, 1.82) is 0 Å². The first kappa shape index (κ1) is 19.3. The lowest BCUT2D eigenvalue weighted by Gasteiger charge is -2.07. The Morgan fingerprint density at radius 3 is 1.96 bits per heavy atom. The van der Waals surface area contributed by atoms with Crippen LogP contribution in [-0.2, 0) is 0 Å². The highest BCUT2D eigenvalue weighted by atomic mass is 16.5. The predicted molar refractivity (Wildman–Crippen MR) is 99.4 cm³/mol. The molecule has 3 aromatic carbocycles. The summed E-state index contributed by atoms with van der Waals surface area (Å²) in [6, 6.07) is 19.5. The second kappa shape index (κ2) is 8.91. The first-order valence-electron chi connectivity index (χ1n) is 7.75. The van der Waals surface area contributed by atoms with E-state index in [1.807, 2.05) is 18.2 Å². The van der Waals surface area contributed by atoms with Gasteiger partial charge in [0.1, 0.15) is 28.4 Å². The molecule has 7 heteroatoms. The van der Waals surface area contributed by atoms with E-state index in [0.29, 0.717) is 17.2 Å². The Balaban J connectivity index is 0.000000208. The largest absolute Gasteiger partial charge is 0.507 e. The molecule has 0 saturated heterocycles. The van der Waals surface area contributed by atoms with Crippen LogP contribution >= 0.6 is 0 Å². The molecule has 0 aliphatic heterocycles. The normalized spacial score (nSPS) is 9.63. The fourth-order valence-electron chi connectivity index (χ4n) is 2.08. The number of nitrogens with two attached hydrogens (primary N) is 1. The van der Waals surface area contributed by atoms with Gasteiger partial charge in [0.05, 0.1) is 0 Å². The molecule has 0 heterocycles. The summed E-state index contributed by atoms with van der Waals surface area (Å²) in [5.74, 6) is -1.50. The molecule has 0 unspecified atom stereocenters. The molecular formula is C20H17NO6. The number of nitrogen functional groups attached to an aromatic ring is 1. The fraction of sp³-hybridized carbons (Fsp3) is 0. The standard InChI is InChI=1S/C13H10O3.C7H7NO3/c14-13(15)11-8-4-5-9-12(11)16-10-6-2-1-3-7-10;8-4-1-2-5(7(10)11)6(9)3-4/h1-9H,(H,14,15);1-3,9H,8H2,(H,10,11). The monoisotopic (exact) mass is 367 g/mol. The van der Waals surface area contributed by atoms with Crippen molar-refractivity contribution in [2.24, 2.45) is 0 Å². The summed E-state index contributed by atoms with van der Waals surface area (Å²) < 4.78 is 5.49. The van der Waals surface area contributed by atoms with Crippen LogP contribution in [0.15, 0.2) is 72.8 Å². The number of aromatic carboxylic acids is 2. The number of carboxylic acids is 2. The van der Waals surface area contributed by atoms with Crippen molar-refractivity contribution in [2.45, 2.75) is 0 Å². The molecule has 0 spiro atoms. The van der Waals surface area contributed by atoms with Crippen LogP contribution in [-0.4, -0.2) is 27.3 Å². The first-order chi connectivity index (χ1) is 12.9. The van der Waals surface area contributed by atoms with E-state index in [4.69, 9.17) is 25.8 Å². The lowest BCUT2D eigenvalue weighted by molar-refractivity contribution is 0.0682. The number of phenols is 1. The second-order valence-electron chi connectivity index (χ2n) is 5.30. The van der Waals surface area contributed by atoms with Crippen LogP contribution in [0.5, 0.6) is 17.2 Å². The summed E-state index contributed by atoms with van der Waals surface area (Å²) in [5, 5.41) is 26.4. The van der Waals surface area contributed by atoms with E-state index in [2.05, 4.69) is 0 Å². The maximum absolute atomic E-state index is 10.9. The van der Waals surface area contributed by atoms with Gasteiger partial charge in [-0.2, -0.15) is 0 Å². The number of carbonyl (C=O) groups is 2.